The van der Waals surface area contributed by atoms with Gasteiger partial charge in [0.25, 0.3) is 15.9 Å². The molecule has 0 saturated carbocycles. The van der Waals surface area contributed by atoms with Gasteiger partial charge >= 0.3 is 0 Å². The van der Waals surface area contributed by atoms with Gasteiger partial charge in [-0.3, -0.25) is 14.3 Å². The van der Waals surface area contributed by atoms with E-state index in [-0.39, 0.29) is 16.7 Å². The lowest BCUT2D eigenvalue weighted by Gasteiger charge is -2.27. The highest BCUT2D eigenvalue weighted by Gasteiger charge is 2.36. The molecule has 2 aromatic carbocycles. The van der Waals surface area contributed by atoms with Gasteiger partial charge in [0.2, 0.25) is 5.91 Å². The van der Waals surface area contributed by atoms with E-state index in [1.165, 1.54) is 40.9 Å². The van der Waals surface area contributed by atoms with E-state index in [1.54, 1.807) is 24.3 Å². The average Bonchev–Trinajstić information content (AvgIpc) is 3.24. The molecule has 33 heavy (non-hydrogen) atoms. The van der Waals surface area contributed by atoms with E-state index in [0.717, 1.165) is 0 Å². The van der Waals surface area contributed by atoms with Crippen molar-refractivity contribution in [2.75, 3.05) is 23.0 Å². The Morgan fingerprint density at radius 1 is 1.09 bits per heavy atom. The molecule has 2 amide bonds. The van der Waals surface area contributed by atoms with Gasteiger partial charge in [-0.1, -0.05) is 0 Å². The van der Waals surface area contributed by atoms with Gasteiger partial charge in [0.15, 0.2) is 0 Å². The van der Waals surface area contributed by atoms with Gasteiger partial charge < -0.3 is 15.0 Å². The second-order valence-electron chi connectivity index (χ2n) is 8.62. The summed E-state index contributed by atoms with van der Waals surface area (Å²) in [6, 6.07) is 11.8. The highest BCUT2D eigenvalue weighted by molar-refractivity contribution is 7.99. The lowest BCUT2D eigenvalue weighted by atomic mass is 10.1. The number of anilines is 1. The van der Waals surface area contributed by atoms with Crippen LogP contribution in [-0.4, -0.2) is 54.9 Å². The first-order chi connectivity index (χ1) is 15.5. The molecule has 1 unspecified atom stereocenters. The van der Waals surface area contributed by atoms with Gasteiger partial charge in [-0.2, -0.15) is 0 Å². The van der Waals surface area contributed by atoms with Crippen LogP contribution in [0, 0.1) is 0 Å². The Labute approximate surface area is 199 Å². The molecule has 1 atom stereocenters. The van der Waals surface area contributed by atoms with Gasteiger partial charge in [0.05, 0.1) is 17.4 Å². The number of benzene rings is 2. The molecule has 2 aromatic rings. The molecule has 10 heteroatoms. The van der Waals surface area contributed by atoms with E-state index in [1.807, 2.05) is 27.7 Å². The number of thioether (sulfide) groups is 1. The fourth-order valence-electron chi connectivity index (χ4n) is 3.26. The van der Waals surface area contributed by atoms with E-state index < -0.39 is 21.6 Å². The Morgan fingerprint density at radius 3 is 2.30 bits per heavy atom. The van der Waals surface area contributed by atoms with Crippen LogP contribution in [-0.2, 0) is 14.8 Å². The first-order valence-corrected chi connectivity index (χ1v) is 13.2. The van der Waals surface area contributed by atoms with E-state index in [9.17, 15) is 18.0 Å². The average molecular weight is 492 g/mol. The third-order valence-corrected chi connectivity index (χ3v) is 7.18. The van der Waals surface area contributed by atoms with Crippen LogP contribution in [0.4, 0.5) is 5.69 Å². The Hall–Kier alpha value is -2.72. The number of carbonyl (C=O) groups is 2. The Bertz CT molecular complexity index is 1090. The molecule has 0 spiro atoms. The summed E-state index contributed by atoms with van der Waals surface area (Å²) < 4.78 is 33.3. The minimum atomic E-state index is -3.83. The van der Waals surface area contributed by atoms with Crippen molar-refractivity contribution in [3.05, 3.63) is 54.1 Å². The smallest absolute Gasteiger partial charge is 0.261 e. The zero-order valence-electron chi connectivity index (χ0n) is 19.1. The van der Waals surface area contributed by atoms with Crippen LogP contribution in [0.5, 0.6) is 5.75 Å². The molecule has 1 aliphatic heterocycles. The number of sulfonamides is 1. The Balaban J connectivity index is 1.70. The molecule has 1 heterocycles. The van der Waals surface area contributed by atoms with Crippen molar-refractivity contribution in [3.63, 3.8) is 0 Å². The van der Waals surface area contributed by atoms with Gasteiger partial charge in [-0.25, -0.2) is 8.42 Å². The summed E-state index contributed by atoms with van der Waals surface area (Å²) in [6.45, 7) is 8.06. The number of rotatable bonds is 7. The monoisotopic (exact) mass is 491 g/mol. The van der Waals surface area contributed by atoms with Gasteiger partial charge in [-0.05, 0) is 76.2 Å². The standard InChI is InChI=1S/C23H29N3O5S2/c1-5-31-18-10-8-17(9-11-18)25-33(29,30)19-12-6-16(7-13-19)22(28)26-15-32-14-20(26)21(27)24-23(2,3)4/h6-13,20,25H,5,14-15H2,1-4H3,(H,24,27). The summed E-state index contributed by atoms with van der Waals surface area (Å²) in [5, 5.41) is 2.92. The van der Waals surface area contributed by atoms with Crippen molar-refractivity contribution < 1.29 is 22.7 Å². The minimum Gasteiger partial charge on any atom is -0.494 e. The maximum absolute atomic E-state index is 13.0. The summed E-state index contributed by atoms with van der Waals surface area (Å²) in [4.78, 5) is 27.2. The molecule has 1 fully saturated rings. The number of nitrogens with one attached hydrogen (secondary N) is 2. The lowest BCUT2D eigenvalue weighted by molar-refractivity contribution is -0.125. The second kappa shape index (κ2) is 10.0. The van der Waals surface area contributed by atoms with Gasteiger partial charge in [0.1, 0.15) is 11.8 Å². The normalized spacial score (nSPS) is 16.4. The molecule has 2 N–H and O–H groups in total. The van der Waals surface area contributed by atoms with E-state index in [4.69, 9.17) is 4.74 Å². The topological polar surface area (TPSA) is 105 Å². The second-order valence-corrected chi connectivity index (χ2v) is 11.3. The summed E-state index contributed by atoms with van der Waals surface area (Å²) in [5.41, 5.74) is 0.331. The number of carbonyl (C=O) groups excluding carboxylic acids is 2. The number of ether oxygens (including phenoxy) is 1. The Morgan fingerprint density at radius 2 is 1.73 bits per heavy atom. The number of amides is 2. The van der Waals surface area contributed by atoms with Gasteiger partial charge in [0, 0.05) is 22.5 Å². The van der Waals surface area contributed by atoms with Crippen molar-refractivity contribution in [1.82, 2.24) is 10.2 Å². The molecule has 1 saturated heterocycles. The molecule has 0 radical (unpaired) electrons. The summed E-state index contributed by atoms with van der Waals surface area (Å²) in [7, 11) is -3.83. The third-order valence-electron chi connectivity index (χ3n) is 4.77. The van der Waals surface area contributed by atoms with Crippen LogP contribution in [0.25, 0.3) is 0 Å². The van der Waals surface area contributed by atoms with Crippen LogP contribution in [0.2, 0.25) is 0 Å². The summed E-state index contributed by atoms with van der Waals surface area (Å²) in [5.74, 6) is 1.07. The highest BCUT2D eigenvalue weighted by atomic mass is 32.2. The fraction of sp³-hybridized carbons (Fsp3) is 0.391. The number of hydrogen-bond acceptors (Lipinski definition) is 6. The van der Waals surface area contributed by atoms with E-state index in [2.05, 4.69) is 10.0 Å². The quantitative estimate of drug-likeness (QED) is 0.616. The number of hydrogen-bond donors (Lipinski definition) is 2. The molecule has 3 rings (SSSR count). The van der Waals surface area contributed by atoms with E-state index >= 15 is 0 Å². The van der Waals surface area contributed by atoms with E-state index in [0.29, 0.717) is 35.2 Å². The molecule has 178 valence electrons. The molecule has 0 aromatic heterocycles. The summed E-state index contributed by atoms with van der Waals surface area (Å²) in [6.07, 6.45) is 0. The minimum absolute atomic E-state index is 0.0331. The van der Waals surface area contributed by atoms with Crippen LogP contribution in [0.1, 0.15) is 38.1 Å². The van der Waals surface area contributed by atoms with Crippen molar-refractivity contribution in [2.24, 2.45) is 0 Å². The molecule has 1 aliphatic rings. The van der Waals surface area contributed by atoms with Crippen LogP contribution in [0.3, 0.4) is 0 Å². The van der Waals surface area contributed by atoms with Crippen LogP contribution >= 0.6 is 11.8 Å². The maximum Gasteiger partial charge on any atom is 0.261 e. The SMILES string of the molecule is CCOc1ccc(NS(=O)(=O)c2ccc(C(=O)N3CSCC3C(=O)NC(C)(C)C)cc2)cc1. The third kappa shape index (κ3) is 6.42. The molecule has 0 bridgehead atoms. The summed E-state index contributed by atoms with van der Waals surface area (Å²) >= 11 is 1.51. The van der Waals surface area contributed by atoms with Crippen LogP contribution in [0.15, 0.2) is 53.4 Å². The molecule has 8 nitrogen and oxygen atoms in total. The zero-order valence-corrected chi connectivity index (χ0v) is 20.8. The predicted molar refractivity (Wildman–Crippen MR) is 130 cm³/mol. The van der Waals surface area contributed by atoms with Crippen LogP contribution < -0.4 is 14.8 Å². The maximum atomic E-state index is 13.0. The molecular formula is C23H29N3O5S2. The van der Waals surface area contributed by atoms with Crippen molar-refractivity contribution >= 4 is 39.3 Å². The first kappa shape index (κ1) is 24.9. The number of nitrogens with zero attached hydrogens (tertiary/aromatic N) is 1. The lowest BCUT2D eigenvalue weighted by Crippen LogP contribution is -2.52. The fourth-order valence-corrected chi connectivity index (χ4v) is 5.47. The molecular weight excluding hydrogens is 462 g/mol. The Kier molecular flexibility index (Phi) is 7.58. The first-order valence-electron chi connectivity index (χ1n) is 10.6. The van der Waals surface area contributed by atoms with Crippen molar-refractivity contribution in [3.8, 4) is 5.75 Å². The molecule has 0 aliphatic carbocycles. The van der Waals surface area contributed by atoms with Crippen molar-refractivity contribution in [2.45, 2.75) is 44.2 Å². The zero-order chi connectivity index (χ0) is 24.2. The predicted octanol–water partition coefficient (Wildman–Crippen LogP) is 3.32. The van der Waals surface area contributed by atoms with Gasteiger partial charge in [-0.15, -0.1) is 11.8 Å². The largest absolute Gasteiger partial charge is 0.494 e. The van der Waals surface area contributed by atoms with Crippen molar-refractivity contribution in [1.29, 1.82) is 0 Å². The highest BCUT2D eigenvalue weighted by Crippen LogP contribution is 2.25.